The normalized spacial score (nSPS) is 16.1. The molecule has 14 heavy (non-hydrogen) atoms. The van der Waals surface area contributed by atoms with Crippen LogP contribution in [-0.2, 0) is 0 Å². The van der Waals surface area contributed by atoms with Crippen molar-refractivity contribution in [2.24, 2.45) is 0 Å². The molecule has 0 bridgehead atoms. The molecule has 1 aromatic rings. The first-order chi connectivity index (χ1) is 6.39. The molecule has 1 nitrogen and oxygen atoms in total. The summed E-state index contributed by atoms with van der Waals surface area (Å²) in [5, 5.41) is 10.5. The van der Waals surface area contributed by atoms with Gasteiger partial charge in [0.1, 0.15) is 0 Å². The molecule has 1 fully saturated rings. The topological polar surface area (TPSA) is 23.1 Å². The van der Waals surface area contributed by atoms with Gasteiger partial charge in [-0.15, -0.1) is 6.10 Å². The number of rotatable bonds is 0. The van der Waals surface area contributed by atoms with E-state index in [0.29, 0.717) is 0 Å². The minimum atomic E-state index is -0.214. The zero-order valence-corrected chi connectivity index (χ0v) is 10.0. The van der Waals surface area contributed by atoms with Crippen LogP contribution in [0.1, 0.15) is 32.1 Å². The van der Waals surface area contributed by atoms with E-state index >= 15 is 0 Å². The van der Waals surface area contributed by atoms with Crippen LogP contribution >= 0.6 is 0 Å². The van der Waals surface area contributed by atoms with Crippen LogP contribution in [0.3, 0.4) is 0 Å². The second-order valence-electron chi connectivity index (χ2n) is 3.34. The van der Waals surface area contributed by atoms with Gasteiger partial charge in [0.05, 0.1) is 0 Å². The van der Waals surface area contributed by atoms with E-state index in [9.17, 15) is 5.11 Å². The molecule has 0 spiro atoms. The van der Waals surface area contributed by atoms with Crippen molar-refractivity contribution in [3.63, 3.8) is 0 Å². The maximum absolute atomic E-state index is 10.5. The molecule has 2 heteroatoms. The van der Waals surface area contributed by atoms with Gasteiger partial charge < -0.3 is 5.11 Å². The molecular weight excluding hydrogens is 184 g/mol. The average molecular weight is 201 g/mol. The van der Waals surface area contributed by atoms with E-state index < -0.39 is 0 Å². The zero-order chi connectivity index (χ0) is 9.36. The molecule has 0 atom stereocenters. The van der Waals surface area contributed by atoms with E-state index in [1.54, 1.807) is 0 Å². The van der Waals surface area contributed by atoms with Crippen LogP contribution in [0.25, 0.3) is 0 Å². The monoisotopic (exact) mass is 200 g/mol. The Morgan fingerprint density at radius 2 is 1.50 bits per heavy atom. The fourth-order valence-electron chi connectivity index (χ4n) is 1.41. The third-order valence-electron chi connectivity index (χ3n) is 2.16. The molecule has 2 rings (SSSR count). The van der Waals surface area contributed by atoms with Gasteiger partial charge in [0.15, 0.2) is 0 Å². The smallest absolute Gasteiger partial charge is 0.852 e. The van der Waals surface area contributed by atoms with Crippen molar-refractivity contribution in [3.05, 3.63) is 36.4 Å². The SMILES string of the molecule is [Mg+2].[O-]C1CCCCC1.[c-]1ccccc1. The Morgan fingerprint density at radius 3 is 1.71 bits per heavy atom. The fourth-order valence-corrected chi connectivity index (χ4v) is 1.41. The van der Waals surface area contributed by atoms with Crippen LogP contribution in [0.4, 0.5) is 0 Å². The molecule has 0 unspecified atom stereocenters. The molecule has 0 aliphatic heterocycles. The number of hydrogen-bond acceptors (Lipinski definition) is 1. The minimum absolute atomic E-state index is 0. The summed E-state index contributed by atoms with van der Waals surface area (Å²) in [6, 6.07) is 12.5. The zero-order valence-electron chi connectivity index (χ0n) is 8.61. The molecule has 72 valence electrons. The maximum atomic E-state index is 10.5. The molecule has 1 saturated carbocycles. The minimum Gasteiger partial charge on any atom is -0.852 e. The predicted molar refractivity (Wildman–Crippen MR) is 57.9 cm³/mol. The largest absolute Gasteiger partial charge is 2.00 e. The molecule has 0 N–H and O–H groups in total. The molecule has 1 aliphatic rings. The summed E-state index contributed by atoms with van der Waals surface area (Å²) in [4.78, 5) is 0. The van der Waals surface area contributed by atoms with Crippen molar-refractivity contribution in [2.75, 3.05) is 0 Å². The van der Waals surface area contributed by atoms with Crippen LogP contribution < -0.4 is 5.11 Å². The Balaban J connectivity index is 0.000000227. The second-order valence-corrected chi connectivity index (χ2v) is 3.34. The van der Waals surface area contributed by atoms with Crippen LogP contribution in [0, 0.1) is 6.07 Å². The quantitative estimate of drug-likeness (QED) is 0.463. The van der Waals surface area contributed by atoms with Crippen molar-refractivity contribution >= 4 is 23.1 Å². The van der Waals surface area contributed by atoms with E-state index in [-0.39, 0.29) is 29.2 Å². The van der Waals surface area contributed by atoms with Gasteiger partial charge >= 0.3 is 23.1 Å². The summed E-state index contributed by atoms with van der Waals surface area (Å²) in [5.74, 6) is 0. The standard InChI is InChI=1S/C6H11O.C6H5.Mg/c7-6-4-2-1-3-5-6;1-2-4-6-5-3-1;/h6H,1-5H2;1-5H;/q2*-1;+2. The number of benzene rings is 1. The van der Waals surface area contributed by atoms with E-state index in [1.807, 2.05) is 30.3 Å². The van der Waals surface area contributed by atoms with Gasteiger partial charge in [0, 0.05) is 0 Å². The van der Waals surface area contributed by atoms with Gasteiger partial charge in [-0.1, -0.05) is 32.1 Å². The maximum Gasteiger partial charge on any atom is 2.00 e. The van der Waals surface area contributed by atoms with Gasteiger partial charge in [-0.2, -0.15) is 36.4 Å². The Labute approximate surface area is 103 Å². The van der Waals surface area contributed by atoms with E-state index in [0.717, 1.165) is 12.8 Å². The van der Waals surface area contributed by atoms with Crippen molar-refractivity contribution < 1.29 is 5.11 Å². The fraction of sp³-hybridized carbons (Fsp3) is 0.500. The van der Waals surface area contributed by atoms with Crippen LogP contribution in [0.2, 0.25) is 0 Å². The summed E-state index contributed by atoms with van der Waals surface area (Å²) in [5.41, 5.74) is 0. The Kier molecular flexibility index (Phi) is 9.46. The summed E-state index contributed by atoms with van der Waals surface area (Å²) >= 11 is 0. The third-order valence-corrected chi connectivity index (χ3v) is 2.16. The third kappa shape index (κ3) is 7.36. The molecule has 0 aromatic heterocycles. The molecule has 0 amide bonds. The van der Waals surface area contributed by atoms with Gasteiger partial charge in [0.2, 0.25) is 0 Å². The summed E-state index contributed by atoms with van der Waals surface area (Å²) in [6.07, 6.45) is 5.29. The predicted octanol–water partition coefficient (Wildman–Crippen LogP) is 1.79. The first-order valence-corrected chi connectivity index (χ1v) is 4.96. The summed E-state index contributed by atoms with van der Waals surface area (Å²) in [6.45, 7) is 0. The molecule has 1 aromatic carbocycles. The second kappa shape index (κ2) is 9.50. The Bertz CT molecular complexity index is 168. The summed E-state index contributed by atoms with van der Waals surface area (Å²) in [7, 11) is 0. The van der Waals surface area contributed by atoms with Crippen molar-refractivity contribution in [1.82, 2.24) is 0 Å². The van der Waals surface area contributed by atoms with E-state index in [2.05, 4.69) is 6.07 Å². The van der Waals surface area contributed by atoms with Crippen LogP contribution in [0.15, 0.2) is 30.3 Å². The number of hydrogen-bond donors (Lipinski definition) is 0. The van der Waals surface area contributed by atoms with Gasteiger partial charge in [-0.05, 0) is 0 Å². The van der Waals surface area contributed by atoms with Crippen molar-refractivity contribution in [2.45, 2.75) is 38.2 Å². The first-order valence-electron chi connectivity index (χ1n) is 4.96. The van der Waals surface area contributed by atoms with Crippen LogP contribution in [0.5, 0.6) is 0 Å². The van der Waals surface area contributed by atoms with Gasteiger partial charge in [-0.25, -0.2) is 0 Å². The Morgan fingerprint density at radius 1 is 0.929 bits per heavy atom. The van der Waals surface area contributed by atoms with Crippen LogP contribution in [-0.4, -0.2) is 29.2 Å². The first kappa shape index (κ1) is 13.9. The van der Waals surface area contributed by atoms with Crippen molar-refractivity contribution in [1.29, 1.82) is 0 Å². The van der Waals surface area contributed by atoms with Crippen molar-refractivity contribution in [3.8, 4) is 0 Å². The molecule has 0 heterocycles. The molecular formula is C12H16MgO. The molecule has 0 radical (unpaired) electrons. The van der Waals surface area contributed by atoms with Gasteiger partial charge in [-0.3, -0.25) is 0 Å². The van der Waals surface area contributed by atoms with E-state index in [1.165, 1.54) is 19.3 Å². The molecule has 1 aliphatic carbocycles. The average Bonchev–Trinajstić information content (AvgIpc) is 2.22. The Hall–Kier alpha value is -0.0538. The summed E-state index contributed by atoms with van der Waals surface area (Å²) < 4.78 is 0. The van der Waals surface area contributed by atoms with E-state index in [4.69, 9.17) is 0 Å². The molecule has 0 saturated heterocycles. The van der Waals surface area contributed by atoms with Gasteiger partial charge in [0.25, 0.3) is 0 Å².